The first-order valence-electron chi connectivity index (χ1n) is 43.6. The lowest BCUT2D eigenvalue weighted by Crippen LogP contribution is -2.30. The minimum Gasteiger partial charge on any atom is -0.462 e. The van der Waals surface area contributed by atoms with Gasteiger partial charge in [-0.3, -0.25) is 37.3 Å². The van der Waals surface area contributed by atoms with E-state index >= 15 is 0 Å². The van der Waals surface area contributed by atoms with Crippen molar-refractivity contribution in [2.45, 2.75) is 470 Å². The summed E-state index contributed by atoms with van der Waals surface area (Å²) in [6, 6.07) is 0. The number of phosphoric acid groups is 2. The summed E-state index contributed by atoms with van der Waals surface area (Å²) in [5, 5.41) is 10.6. The van der Waals surface area contributed by atoms with Crippen molar-refractivity contribution >= 4 is 39.5 Å². The summed E-state index contributed by atoms with van der Waals surface area (Å²) in [7, 11) is -9.92. The van der Waals surface area contributed by atoms with Crippen LogP contribution < -0.4 is 0 Å². The molecule has 0 radical (unpaired) electrons. The van der Waals surface area contributed by atoms with E-state index in [1.807, 2.05) is 0 Å². The SMILES string of the molecule is CCCCCCCCCCCCCCCCCCCCCCCC(=O)OC[C@H](COP(=O)(O)OC[C@@H](O)COP(=O)(O)OC[C@@H](COC(=O)CCCCCCCCC)OC(=O)CCCCCCCCCCCCCCCC)OC(=O)CCCCCCCCCCCCCCCCCCCCC(C)C. The van der Waals surface area contributed by atoms with E-state index in [1.54, 1.807) is 0 Å². The number of aliphatic hydroxyl groups is 1. The number of esters is 4. The molecule has 19 heteroatoms. The Hall–Kier alpha value is -1.94. The van der Waals surface area contributed by atoms with Crippen LogP contribution in [0.3, 0.4) is 0 Å². The summed E-state index contributed by atoms with van der Waals surface area (Å²) >= 11 is 0. The van der Waals surface area contributed by atoms with Gasteiger partial charge in [0.25, 0.3) is 0 Å². The van der Waals surface area contributed by atoms with E-state index in [0.29, 0.717) is 25.7 Å². The molecule has 17 nitrogen and oxygen atoms in total. The molecule has 3 N–H and O–H groups in total. The van der Waals surface area contributed by atoms with Gasteiger partial charge in [0.1, 0.15) is 19.3 Å². The lowest BCUT2D eigenvalue weighted by atomic mass is 10.0. The molecule has 0 amide bonds. The Morgan fingerprint density at radius 3 is 0.660 bits per heavy atom. The average molecular weight is 1510 g/mol. The zero-order chi connectivity index (χ0) is 75.5. The van der Waals surface area contributed by atoms with Gasteiger partial charge in [-0.25, -0.2) is 9.13 Å². The maximum atomic E-state index is 13.1. The van der Waals surface area contributed by atoms with E-state index in [1.165, 1.54) is 263 Å². The van der Waals surface area contributed by atoms with Gasteiger partial charge < -0.3 is 33.8 Å². The molecule has 5 atom stereocenters. The van der Waals surface area contributed by atoms with E-state index in [-0.39, 0.29) is 25.7 Å². The summed E-state index contributed by atoms with van der Waals surface area (Å²) < 4.78 is 68.7. The highest BCUT2D eigenvalue weighted by Gasteiger charge is 2.30. The number of hydrogen-bond donors (Lipinski definition) is 3. The predicted octanol–water partition coefficient (Wildman–Crippen LogP) is 25.6. The maximum absolute atomic E-state index is 13.1. The fourth-order valence-corrected chi connectivity index (χ4v) is 14.7. The van der Waals surface area contributed by atoms with Gasteiger partial charge in [-0.2, -0.15) is 0 Å². The molecule has 0 rings (SSSR count). The molecule has 612 valence electrons. The van der Waals surface area contributed by atoms with E-state index in [0.717, 1.165) is 109 Å². The van der Waals surface area contributed by atoms with Crippen molar-refractivity contribution in [3.05, 3.63) is 0 Å². The second kappa shape index (κ2) is 76.8. The molecule has 0 aromatic rings. The van der Waals surface area contributed by atoms with Crippen LogP contribution in [0.4, 0.5) is 0 Å². The largest absolute Gasteiger partial charge is 0.472 e. The first kappa shape index (κ1) is 101. The quantitative estimate of drug-likeness (QED) is 0.0222. The zero-order valence-corrected chi connectivity index (χ0v) is 69.3. The molecule has 2 unspecified atom stereocenters. The van der Waals surface area contributed by atoms with Gasteiger partial charge in [-0.05, 0) is 31.6 Å². The van der Waals surface area contributed by atoms with Crippen molar-refractivity contribution in [2.75, 3.05) is 39.6 Å². The first-order chi connectivity index (χ1) is 50.0. The van der Waals surface area contributed by atoms with Crippen molar-refractivity contribution in [3.63, 3.8) is 0 Å². The third-order valence-corrected chi connectivity index (χ3v) is 21.7. The Balaban J connectivity index is 5.15. The number of phosphoric ester groups is 2. The van der Waals surface area contributed by atoms with E-state index in [9.17, 15) is 43.2 Å². The summed E-state index contributed by atoms with van der Waals surface area (Å²) in [5.74, 6) is -1.29. The highest BCUT2D eigenvalue weighted by atomic mass is 31.2. The fraction of sp³-hybridized carbons (Fsp3) is 0.952. The summed E-state index contributed by atoms with van der Waals surface area (Å²) in [4.78, 5) is 73.0. The van der Waals surface area contributed by atoms with Crippen LogP contribution in [0, 0.1) is 5.92 Å². The molecular weight excluding hydrogens is 1340 g/mol. The molecule has 0 bridgehead atoms. The molecule has 0 aliphatic heterocycles. The summed E-state index contributed by atoms with van der Waals surface area (Å²) in [6.45, 7) is 7.34. The van der Waals surface area contributed by atoms with Gasteiger partial charge in [0, 0.05) is 25.7 Å². The van der Waals surface area contributed by atoms with Gasteiger partial charge >= 0.3 is 39.5 Å². The normalized spacial score (nSPS) is 13.8. The molecule has 0 fully saturated rings. The van der Waals surface area contributed by atoms with Gasteiger partial charge in [0.05, 0.1) is 26.4 Å². The van der Waals surface area contributed by atoms with Crippen LogP contribution in [-0.2, 0) is 65.4 Å². The molecule has 0 aliphatic carbocycles. The number of unbranched alkanes of at least 4 members (excludes halogenated alkanes) is 56. The molecule has 0 saturated carbocycles. The van der Waals surface area contributed by atoms with Crippen LogP contribution in [0.2, 0.25) is 0 Å². The number of ether oxygens (including phenoxy) is 4. The number of carbonyl (C=O) groups excluding carboxylic acids is 4. The van der Waals surface area contributed by atoms with Gasteiger partial charge in [0.2, 0.25) is 0 Å². The van der Waals surface area contributed by atoms with Crippen LogP contribution >= 0.6 is 15.6 Å². The van der Waals surface area contributed by atoms with Crippen LogP contribution in [0.15, 0.2) is 0 Å². The number of hydrogen-bond acceptors (Lipinski definition) is 15. The standard InChI is InChI=1S/C84H164O17P2/c1-6-9-12-15-18-20-22-24-26-27-28-29-30-34-37-41-44-48-53-58-63-68-82(87)95-74-80(101-84(89)70-65-60-55-50-46-42-38-35-32-31-33-36-39-43-47-52-56-61-66-77(4)5)76-99-103(92,93)97-72-78(85)71-96-102(90,91)98-75-79(73-94-81(86)67-62-57-51-17-14-11-8-3)100-83(88)69-64-59-54-49-45-40-25-23-21-19-16-13-10-7-2/h77-80,85H,6-76H2,1-5H3,(H,90,91)(H,92,93)/t78-,79+,80+/m0/s1. The maximum Gasteiger partial charge on any atom is 0.472 e. The molecule has 103 heavy (non-hydrogen) atoms. The fourth-order valence-electron chi connectivity index (χ4n) is 13.1. The van der Waals surface area contributed by atoms with E-state index < -0.39 is 97.5 Å². The second-order valence-electron chi connectivity index (χ2n) is 30.7. The third-order valence-electron chi connectivity index (χ3n) is 19.8. The number of carbonyl (C=O) groups is 4. The topological polar surface area (TPSA) is 237 Å². The molecule has 0 aromatic heterocycles. The number of aliphatic hydroxyl groups excluding tert-OH is 1. The van der Waals surface area contributed by atoms with Crippen LogP contribution in [-0.4, -0.2) is 96.7 Å². The number of rotatable bonds is 84. The second-order valence-corrected chi connectivity index (χ2v) is 33.6. The zero-order valence-electron chi connectivity index (χ0n) is 67.5. The van der Waals surface area contributed by atoms with Crippen LogP contribution in [0.1, 0.15) is 452 Å². The summed E-state index contributed by atoms with van der Waals surface area (Å²) in [5.41, 5.74) is 0. The minimum absolute atomic E-state index is 0.108. The molecule has 0 spiro atoms. The van der Waals surface area contributed by atoms with Crippen LogP contribution in [0.5, 0.6) is 0 Å². The lowest BCUT2D eigenvalue weighted by molar-refractivity contribution is -0.161. The first-order valence-corrected chi connectivity index (χ1v) is 46.6. The Morgan fingerprint density at radius 2 is 0.447 bits per heavy atom. The third kappa shape index (κ3) is 78.0. The molecule has 0 aromatic carbocycles. The van der Waals surface area contributed by atoms with Crippen molar-refractivity contribution in [1.82, 2.24) is 0 Å². The van der Waals surface area contributed by atoms with Crippen molar-refractivity contribution in [2.24, 2.45) is 5.92 Å². The van der Waals surface area contributed by atoms with E-state index in [4.69, 9.17) is 37.0 Å². The van der Waals surface area contributed by atoms with Gasteiger partial charge in [-0.1, -0.05) is 401 Å². The molecule has 0 aliphatic rings. The Kier molecular flexibility index (Phi) is 75.4. The van der Waals surface area contributed by atoms with E-state index in [2.05, 4.69) is 34.6 Å². The highest BCUT2D eigenvalue weighted by Crippen LogP contribution is 2.45. The monoisotopic (exact) mass is 1510 g/mol. The molecule has 0 saturated heterocycles. The van der Waals surface area contributed by atoms with Gasteiger partial charge in [0.15, 0.2) is 12.2 Å². The smallest absolute Gasteiger partial charge is 0.462 e. The average Bonchev–Trinajstić information content (AvgIpc) is 0.915. The predicted molar refractivity (Wildman–Crippen MR) is 423 cm³/mol. The van der Waals surface area contributed by atoms with Crippen molar-refractivity contribution < 1.29 is 80.2 Å². The Morgan fingerprint density at radius 1 is 0.262 bits per heavy atom. The summed E-state index contributed by atoms with van der Waals surface area (Å²) in [6.07, 6.45) is 69.7. The Labute approximate surface area is 632 Å². The Bertz CT molecular complexity index is 1960. The molecular formula is C84H164O17P2. The highest BCUT2D eigenvalue weighted by molar-refractivity contribution is 7.47. The van der Waals surface area contributed by atoms with Gasteiger partial charge in [-0.15, -0.1) is 0 Å². The van der Waals surface area contributed by atoms with Crippen LogP contribution in [0.25, 0.3) is 0 Å². The molecule has 0 heterocycles. The lowest BCUT2D eigenvalue weighted by Gasteiger charge is -2.21. The van der Waals surface area contributed by atoms with Crippen molar-refractivity contribution in [3.8, 4) is 0 Å². The minimum atomic E-state index is -4.96. The van der Waals surface area contributed by atoms with Crippen molar-refractivity contribution in [1.29, 1.82) is 0 Å².